The predicted molar refractivity (Wildman–Crippen MR) is 213 cm³/mol. The highest BCUT2D eigenvalue weighted by Crippen LogP contribution is 2.49. The second-order valence-electron chi connectivity index (χ2n) is 16.7. The Labute approximate surface area is 306 Å². The molecule has 0 spiro atoms. The van der Waals surface area contributed by atoms with E-state index in [2.05, 4.69) is 113 Å². The third-order valence-electron chi connectivity index (χ3n) is 11.1. The smallest absolute Gasteiger partial charge is 0.338 e. The topological polar surface area (TPSA) is 51.2 Å². The van der Waals surface area contributed by atoms with Crippen molar-refractivity contribution in [2.75, 3.05) is 32.4 Å². The summed E-state index contributed by atoms with van der Waals surface area (Å²) in [7, 11) is 1.54. The average Bonchev–Trinajstić information content (AvgIpc) is 3.06. The minimum absolute atomic E-state index is 0.115. The van der Waals surface area contributed by atoms with E-state index in [0.717, 1.165) is 41.2 Å². The van der Waals surface area contributed by atoms with E-state index in [0.29, 0.717) is 11.5 Å². The van der Waals surface area contributed by atoms with Gasteiger partial charge < -0.3 is 19.1 Å². The van der Waals surface area contributed by atoms with Crippen LogP contribution in [0.5, 0.6) is 5.75 Å². The number of esters is 1. The number of ether oxygens (including phenoxy) is 3. The molecule has 51 heavy (non-hydrogen) atoms. The molecule has 1 fully saturated rings. The summed E-state index contributed by atoms with van der Waals surface area (Å²) >= 11 is 0. The Morgan fingerprint density at radius 2 is 1.67 bits per heavy atom. The molecule has 0 saturated carbocycles. The van der Waals surface area contributed by atoms with Crippen LogP contribution in [0.2, 0.25) is 13.1 Å². The van der Waals surface area contributed by atoms with Crippen molar-refractivity contribution >= 4 is 36.2 Å². The summed E-state index contributed by atoms with van der Waals surface area (Å²) in [5.41, 5.74) is 10.0. The molecule has 6 rings (SSSR count). The van der Waals surface area contributed by atoms with Crippen molar-refractivity contribution in [3.8, 4) is 5.75 Å². The maximum absolute atomic E-state index is 13.1. The van der Waals surface area contributed by atoms with Gasteiger partial charge in [-0.1, -0.05) is 51.2 Å². The monoisotopic (exact) mass is 704 g/mol. The first kappa shape index (κ1) is 36.9. The number of piperidine rings is 1. The lowest BCUT2D eigenvalue weighted by Gasteiger charge is -2.53. The SMILES string of the molecule is CCN1C2C=C3C(=C(c4ccc(C(=O)OC(C)(C)C)cc4C)c4ccc(N(C)c5ccc(OCOC)cc5)cc4[Si]3(C)C)C=C2C(C)CC1(C)C. The Kier molecular flexibility index (Phi) is 9.81. The number of likely N-dealkylation sites (tertiary alicyclic amines) is 1. The van der Waals surface area contributed by atoms with Crippen molar-refractivity contribution in [3.63, 3.8) is 0 Å². The van der Waals surface area contributed by atoms with Gasteiger partial charge in [0.1, 0.15) is 19.4 Å². The zero-order valence-corrected chi connectivity index (χ0v) is 33.7. The first-order valence-corrected chi connectivity index (χ1v) is 21.4. The van der Waals surface area contributed by atoms with Crippen molar-refractivity contribution in [2.24, 2.45) is 5.92 Å². The molecule has 3 aliphatic rings. The van der Waals surface area contributed by atoms with Gasteiger partial charge >= 0.3 is 5.97 Å². The molecular weight excluding hydrogens is 649 g/mol. The molecule has 2 heterocycles. The third-order valence-corrected chi connectivity index (χ3v) is 14.6. The van der Waals surface area contributed by atoms with Gasteiger partial charge in [0.2, 0.25) is 0 Å². The molecule has 2 atom stereocenters. The molecule has 0 radical (unpaired) electrons. The zero-order valence-electron chi connectivity index (χ0n) is 32.7. The number of aryl methyl sites for hydroxylation is 1. The maximum atomic E-state index is 13.1. The number of anilines is 2. The highest BCUT2D eigenvalue weighted by Gasteiger charge is 2.46. The van der Waals surface area contributed by atoms with Crippen LogP contribution in [0.4, 0.5) is 11.4 Å². The molecular formula is C44H56N2O4Si. The van der Waals surface area contributed by atoms with Gasteiger partial charge in [0.25, 0.3) is 0 Å². The van der Waals surface area contributed by atoms with Gasteiger partial charge in [-0.25, -0.2) is 4.79 Å². The van der Waals surface area contributed by atoms with Crippen LogP contribution in [0.25, 0.3) is 5.57 Å². The Morgan fingerprint density at radius 3 is 2.29 bits per heavy atom. The van der Waals surface area contributed by atoms with Gasteiger partial charge in [0.05, 0.1) is 11.6 Å². The fourth-order valence-electron chi connectivity index (χ4n) is 8.62. The normalized spacial score (nSPS) is 20.8. The number of fused-ring (bicyclic) bond motifs is 3. The summed E-state index contributed by atoms with van der Waals surface area (Å²) in [6.45, 7) is 23.6. The molecule has 0 aromatic heterocycles. The molecule has 0 N–H and O–H groups in total. The van der Waals surface area contributed by atoms with E-state index in [1.54, 1.807) is 7.11 Å². The van der Waals surface area contributed by atoms with Gasteiger partial charge in [-0.2, -0.15) is 0 Å². The second-order valence-corrected chi connectivity index (χ2v) is 21.0. The fourth-order valence-corrected chi connectivity index (χ4v) is 11.7. The summed E-state index contributed by atoms with van der Waals surface area (Å²) in [6.07, 6.45) is 6.33. The van der Waals surface area contributed by atoms with E-state index in [1.807, 2.05) is 45.0 Å². The van der Waals surface area contributed by atoms with Crippen molar-refractivity contribution in [1.82, 2.24) is 4.90 Å². The lowest BCUT2D eigenvalue weighted by atomic mass is 9.73. The van der Waals surface area contributed by atoms with E-state index in [-0.39, 0.29) is 24.3 Å². The lowest BCUT2D eigenvalue weighted by Crippen LogP contribution is -2.57. The van der Waals surface area contributed by atoms with Crippen LogP contribution >= 0.6 is 0 Å². The number of methoxy groups -OCH3 is 1. The highest BCUT2D eigenvalue weighted by atomic mass is 28.3. The molecule has 3 aromatic rings. The van der Waals surface area contributed by atoms with Gasteiger partial charge in [-0.05, 0) is 153 Å². The Morgan fingerprint density at radius 1 is 1.00 bits per heavy atom. The standard InChI is InChI=1S/C44H56N2O4Si/c1-13-46-38-25-40-37(24-36(38)29(3)26-44(46,7)8)41(34-20-14-30(22-28(34)2)42(47)50-43(4,5)6)35-21-17-32(23-39(35)51(40,11)12)45(9)31-15-18-33(19-16-31)49-27-48-10/h14-25,29,38H,13,26-27H2,1-12H3. The number of rotatable bonds is 8. The summed E-state index contributed by atoms with van der Waals surface area (Å²) in [5, 5.41) is 2.92. The fraction of sp³-hybridized carbons (Fsp3) is 0.432. The molecule has 2 unspecified atom stereocenters. The second kappa shape index (κ2) is 13.6. The number of hydrogen-bond donors (Lipinski definition) is 0. The quantitative estimate of drug-likeness (QED) is 0.132. The Bertz CT molecular complexity index is 1930. The molecule has 0 amide bonds. The number of likely N-dealkylation sites (N-methyl/N-ethyl adjacent to an activating group) is 1. The minimum Gasteiger partial charge on any atom is -0.468 e. The molecule has 7 heteroatoms. The summed E-state index contributed by atoms with van der Waals surface area (Å²) < 4.78 is 16.5. The van der Waals surface area contributed by atoms with Crippen molar-refractivity contribution < 1.29 is 19.0 Å². The van der Waals surface area contributed by atoms with Crippen molar-refractivity contribution in [3.05, 3.63) is 111 Å². The van der Waals surface area contributed by atoms with Crippen LogP contribution in [-0.4, -0.2) is 63.6 Å². The Hall–Kier alpha value is -3.91. The molecule has 270 valence electrons. The largest absolute Gasteiger partial charge is 0.468 e. The number of benzene rings is 3. The molecule has 3 aromatic carbocycles. The number of nitrogens with zero attached hydrogens (tertiary/aromatic N) is 2. The van der Waals surface area contributed by atoms with Crippen LogP contribution in [0, 0.1) is 12.8 Å². The molecule has 6 nitrogen and oxygen atoms in total. The van der Waals surface area contributed by atoms with E-state index in [4.69, 9.17) is 14.2 Å². The van der Waals surface area contributed by atoms with Gasteiger partial charge in [-0.15, -0.1) is 0 Å². The first-order chi connectivity index (χ1) is 24.0. The number of carbonyl (C=O) groups excluding carboxylic acids is 1. The van der Waals surface area contributed by atoms with Crippen molar-refractivity contribution in [1.29, 1.82) is 0 Å². The van der Waals surface area contributed by atoms with Crippen LogP contribution in [0.3, 0.4) is 0 Å². The number of hydrogen-bond acceptors (Lipinski definition) is 6. The van der Waals surface area contributed by atoms with Crippen LogP contribution < -0.4 is 14.8 Å². The number of allylic oxidation sites excluding steroid dienone is 3. The zero-order chi connectivity index (χ0) is 37.0. The maximum Gasteiger partial charge on any atom is 0.338 e. The van der Waals surface area contributed by atoms with Gasteiger partial charge in [0, 0.05) is 31.1 Å². The summed E-state index contributed by atoms with van der Waals surface area (Å²) in [4.78, 5) is 18.1. The van der Waals surface area contributed by atoms with Crippen LogP contribution in [-0.2, 0) is 9.47 Å². The minimum atomic E-state index is -2.21. The molecule has 0 bridgehead atoms. The summed E-state index contributed by atoms with van der Waals surface area (Å²) in [6, 6.07) is 21.5. The molecule has 2 aliphatic heterocycles. The Balaban J connectivity index is 1.53. The predicted octanol–water partition coefficient (Wildman–Crippen LogP) is 9.35. The van der Waals surface area contributed by atoms with Gasteiger partial charge in [-0.3, -0.25) is 4.90 Å². The third kappa shape index (κ3) is 6.88. The average molecular weight is 705 g/mol. The van der Waals surface area contributed by atoms with E-state index in [1.165, 1.54) is 32.7 Å². The molecule has 1 aliphatic carbocycles. The van der Waals surface area contributed by atoms with Crippen LogP contribution in [0.15, 0.2) is 89.2 Å². The van der Waals surface area contributed by atoms with Crippen LogP contribution in [0.1, 0.15) is 81.9 Å². The highest BCUT2D eigenvalue weighted by molar-refractivity contribution is 6.97. The van der Waals surface area contributed by atoms with E-state index >= 15 is 0 Å². The number of carbonyl (C=O) groups is 1. The van der Waals surface area contributed by atoms with E-state index in [9.17, 15) is 4.79 Å². The van der Waals surface area contributed by atoms with E-state index < -0.39 is 13.7 Å². The first-order valence-electron chi connectivity index (χ1n) is 18.4. The summed E-state index contributed by atoms with van der Waals surface area (Å²) in [5.74, 6) is 0.963. The molecule has 1 saturated heterocycles. The van der Waals surface area contributed by atoms with Gasteiger partial charge in [0.15, 0.2) is 6.79 Å². The van der Waals surface area contributed by atoms with Crippen molar-refractivity contribution in [2.45, 2.75) is 92.1 Å². The lowest BCUT2D eigenvalue weighted by molar-refractivity contribution is 0.00693.